The van der Waals surface area contributed by atoms with Gasteiger partial charge in [-0.05, 0) is 12.8 Å². The van der Waals surface area contributed by atoms with Crippen molar-refractivity contribution in [1.29, 1.82) is 0 Å². The van der Waals surface area contributed by atoms with Crippen LogP contribution in [0, 0.1) is 0 Å². The largest absolute Gasteiger partial charge is 0.334 e. The molecule has 0 aromatic carbocycles. The second-order valence-electron chi connectivity index (χ2n) is 5.23. The molecule has 0 saturated carbocycles. The van der Waals surface area contributed by atoms with Gasteiger partial charge in [-0.25, -0.2) is 0 Å². The standard InChI is InChI=1S/C14H32O6P2/c1-7-9-11-13(21(15,17-3)18-4)14(12-10-8-2)22(16,19-5)20-6/h13-14H,7-12H2,1-6H3/t13-,14-/m1/s1. The maximum atomic E-state index is 13.0. The molecule has 0 aliphatic carbocycles. The molecule has 0 rings (SSSR count). The van der Waals surface area contributed by atoms with E-state index in [1.165, 1.54) is 28.4 Å². The quantitative estimate of drug-likeness (QED) is 0.428. The fourth-order valence-corrected chi connectivity index (χ4v) is 7.14. The second kappa shape index (κ2) is 11.0. The third-order valence-electron chi connectivity index (χ3n) is 3.98. The van der Waals surface area contributed by atoms with E-state index >= 15 is 0 Å². The van der Waals surface area contributed by atoms with Crippen molar-refractivity contribution in [1.82, 2.24) is 0 Å². The maximum absolute atomic E-state index is 13.0. The van der Waals surface area contributed by atoms with Crippen LogP contribution in [-0.4, -0.2) is 39.8 Å². The number of hydrogen-bond donors (Lipinski definition) is 0. The molecule has 0 aromatic rings. The Labute approximate surface area is 135 Å². The maximum Gasteiger partial charge on any atom is 0.334 e. The molecule has 6 nitrogen and oxygen atoms in total. The van der Waals surface area contributed by atoms with Gasteiger partial charge in [-0.15, -0.1) is 0 Å². The molecule has 0 radical (unpaired) electrons. The van der Waals surface area contributed by atoms with Gasteiger partial charge in [0.1, 0.15) is 0 Å². The Bertz CT molecular complexity index is 336. The summed E-state index contributed by atoms with van der Waals surface area (Å²) in [6.45, 7) is 4.10. The summed E-state index contributed by atoms with van der Waals surface area (Å²) in [4.78, 5) is 0. The minimum Gasteiger partial charge on any atom is -0.312 e. The fraction of sp³-hybridized carbons (Fsp3) is 1.00. The zero-order valence-corrected chi connectivity index (χ0v) is 16.5. The molecular formula is C14H32O6P2. The number of rotatable bonds is 13. The summed E-state index contributed by atoms with van der Waals surface area (Å²) < 4.78 is 46.7. The van der Waals surface area contributed by atoms with E-state index in [1.54, 1.807) is 0 Å². The van der Waals surface area contributed by atoms with E-state index in [9.17, 15) is 9.13 Å². The molecule has 0 aliphatic heterocycles. The molecule has 8 heteroatoms. The monoisotopic (exact) mass is 358 g/mol. The third-order valence-corrected chi connectivity index (χ3v) is 9.11. The Morgan fingerprint density at radius 2 is 0.955 bits per heavy atom. The summed E-state index contributed by atoms with van der Waals surface area (Å²) in [5, 5.41) is 0. The predicted molar refractivity (Wildman–Crippen MR) is 89.9 cm³/mol. The lowest BCUT2D eigenvalue weighted by atomic mass is 10.1. The van der Waals surface area contributed by atoms with Crippen molar-refractivity contribution in [3.05, 3.63) is 0 Å². The predicted octanol–water partition coefficient (Wildman–Crippen LogP) is 5.08. The van der Waals surface area contributed by atoms with Crippen molar-refractivity contribution in [3.63, 3.8) is 0 Å². The highest BCUT2D eigenvalue weighted by Gasteiger charge is 2.48. The third kappa shape index (κ3) is 5.74. The average molecular weight is 358 g/mol. The van der Waals surface area contributed by atoms with Crippen molar-refractivity contribution in [2.24, 2.45) is 0 Å². The van der Waals surface area contributed by atoms with Crippen LogP contribution in [0.5, 0.6) is 0 Å². The van der Waals surface area contributed by atoms with Gasteiger partial charge in [-0.3, -0.25) is 9.13 Å². The van der Waals surface area contributed by atoms with E-state index in [2.05, 4.69) is 13.8 Å². The normalized spacial score (nSPS) is 15.7. The van der Waals surface area contributed by atoms with Crippen molar-refractivity contribution in [2.45, 2.75) is 63.7 Å². The van der Waals surface area contributed by atoms with Gasteiger partial charge in [0.2, 0.25) is 0 Å². The van der Waals surface area contributed by atoms with E-state index in [4.69, 9.17) is 18.1 Å². The van der Waals surface area contributed by atoms with Crippen LogP contribution in [0.25, 0.3) is 0 Å². The van der Waals surface area contributed by atoms with Gasteiger partial charge in [-0.1, -0.05) is 39.5 Å². The Hall–Kier alpha value is 0.300. The summed E-state index contributed by atoms with van der Waals surface area (Å²) in [7, 11) is -1.28. The molecule has 0 aromatic heterocycles. The van der Waals surface area contributed by atoms with Gasteiger partial charge in [0.25, 0.3) is 0 Å². The lowest BCUT2D eigenvalue weighted by molar-refractivity contribution is 0.239. The molecule has 0 aliphatic rings. The van der Waals surface area contributed by atoms with Crippen LogP contribution >= 0.6 is 15.2 Å². The number of unbranched alkanes of at least 4 members (excludes halogenated alkanes) is 2. The summed E-state index contributed by atoms with van der Waals surface area (Å²) in [5.74, 6) is 0. The van der Waals surface area contributed by atoms with Gasteiger partial charge >= 0.3 is 15.2 Å². The van der Waals surface area contributed by atoms with E-state index in [1.807, 2.05) is 0 Å². The van der Waals surface area contributed by atoms with Crippen molar-refractivity contribution >= 4 is 15.2 Å². The van der Waals surface area contributed by atoms with Gasteiger partial charge in [0.15, 0.2) is 0 Å². The first-order valence-corrected chi connectivity index (χ1v) is 11.0. The Kier molecular flexibility index (Phi) is 11.1. The smallest absolute Gasteiger partial charge is 0.312 e. The molecule has 134 valence electrons. The summed E-state index contributed by atoms with van der Waals surface area (Å²) in [5.41, 5.74) is -1.00. The van der Waals surface area contributed by atoms with Crippen LogP contribution in [0.15, 0.2) is 0 Å². The highest BCUT2D eigenvalue weighted by atomic mass is 31.2. The molecule has 0 unspecified atom stereocenters. The van der Waals surface area contributed by atoms with E-state index < -0.39 is 26.5 Å². The van der Waals surface area contributed by atoms with Gasteiger partial charge in [0, 0.05) is 28.4 Å². The molecule has 2 atom stereocenters. The van der Waals surface area contributed by atoms with Gasteiger partial charge < -0.3 is 18.1 Å². The van der Waals surface area contributed by atoms with Crippen LogP contribution in [0.2, 0.25) is 0 Å². The van der Waals surface area contributed by atoms with Crippen molar-refractivity contribution in [3.8, 4) is 0 Å². The first kappa shape index (κ1) is 22.3. The first-order valence-electron chi connectivity index (χ1n) is 7.81. The minimum absolute atomic E-state index is 0.500. The minimum atomic E-state index is -3.37. The first-order chi connectivity index (χ1) is 10.4. The zero-order valence-electron chi connectivity index (χ0n) is 14.7. The average Bonchev–Trinajstić information content (AvgIpc) is 2.56. The summed E-state index contributed by atoms with van der Waals surface area (Å²) in [6.07, 6.45) is 4.76. The van der Waals surface area contributed by atoms with E-state index in [0.29, 0.717) is 12.8 Å². The Morgan fingerprint density at radius 3 is 1.14 bits per heavy atom. The molecule has 22 heavy (non-hydrogen) atoms. The highest BCUT2D eigenvalue weighted by Crippen LogP contribution is 2.65. The second-order valence-corrected chi connectivity index (χ2v) is 10.2. The summed E-state index contributed by atoms with van der Waals surface area (Å²) >= 11 is 0. The summed E-state index contributed by atoms with van der Waals surface area (Å²) in [6, 6.07) is 0. The lowest BCUT2D eigenvalue weighted by Crippen LogP contribution is -2.29. The Balaban J connectivity index is 5.71. The zero-order chi connectivity index (χ0) is 17.2. The topological polar surface area (TPSA) is 71.1 Å². The molecule has 0 N–H and O–H groups in total. The molecule has 0 fully saturated rings. The van der Waals surface area contributed by atoms with Gasteiger partial charge in [0.05, 0.1) is 11.3 Å². The molecule has 0 heterocycles. The van der Waals surface area contributed by atoms with Crippen molar-refractivity contribution < 1.29 is 27.2 Å². The van der Waals surface area contributed by atoms with Crippen LogP contribution in [-0.2, 0) is 27.2 Å². The van der Waals surface area contributed by atoms with Crippen LogP contribution in [0.4, 0.5) is 0 Å². The molecular weight excluding hydrogens is 326 g/mol. The van der Waals surface area contributed by atoms with Crippen LogP contribution in [0.3, 0.4) is 0 Å². The molecule has 0 spiro atoms. The van der Waals surface area contributed by atoms with E-state index in [-0.39, 0.29) is 0 Å². The molecule has 0 bridgehead atoms. The van der Waals surface area contributed by atoms with Crippen LogP contribution in [0.1, 0.15) is 52.4 Å². The van der Waals surface area contributed by atoms with Crippen LogP contribution < -0.4 is 0 Å². The SMILES string of the molecule is CCCC[C@H]([C@@H](CCCC)P(=O)(OC)OC)P(=O)(OC)OC. The van der Waals surface area contributed by atoms with Crippen molar-refractivity contribution in [2.75, 3.05) is 28.4 Å². The highest BCUT2D eigenvalue weighted by molar-refractivity contribution is 7.59. The Morgan fingerprint density at radius 1 is 0.682 bits per heavy atom. The molecule has 0 amide bonds. The lowest BCUT2D eigenvalue weighted by Gasteiger charge is -2.34. The molecule has 0 saturated heterocycles. The van der Waals surface area contributed by atoms with E-state index in [0.717, 1.165) is 25.7 Å². The van der Waals surface area contributed by atoms with Gasteiger partial charge in [-0.2, -0.15) is 0 Å². The fourth-order valence-electron chi connectivity index (χ4n) is 2.64. The number of hydrogen-bond acceptors (Lipinski definition) is 6.